The first-order chi connectivity index (χ1) is 9.24. The molecule has 1 saturated heterocycles. The van der Waals surface area contributed by atoms with E-state index in [0.29, 0.717) is 12.0 Å². The van der Waals surface area contributed by atoms with Crippen molar-refractivity contribution in [2.24, 2.45) is 0 Å². The van der Waals surface area contributed by atoms with Gasteiger partial charge in [0.25, 0.3) is 5.91 Å². The predicted octanol–water partition coefficient (Wildman–Crippen LogP) is 2.78. The molecule has 0 atom stereocenters. The largest absolute Gasteiger partial charge is 0.349 e. The zero-order chi connectivity index (χ0) is 13.2. The lowest BCUT2D eigenvalue weighted by atomic mass is 9.86. The number of hydrogen-bond donors (Lipinski definition) is 2. The van der Waals surface area contributed by atoms with Crippen LogP contribution in [0, 0.1) is 6.92 Å². The second kappa shape index (κ2) is 6.59. The van der Waals surface area contributed by atoms with Crippen LogP contribution in [0.5, 0.6) is 0 Å². The van der Waals surface area contributed by atoms with Gasteiger partial charge in [-0.25, -0.2) is 0 Å². The van der Waals surface area contributed by atoms with E-state index in [9.17, 15) is 4.79 Å². The number of hydrogen-bond acceptors (Lipinski definition) is 2. The molecule has 0 aromatic heterocycles. The number of aryl methyl sites for hydroxylation is 1. The molecule has 1 aliphatic heterocycles. The highest BCUT2D eigenvalue weighted by Crippen LogP contribution is 2.29. The Balaban J connectivity index is 0.00000147. The Morgan fingerprint density at radius 2 is 1.90 bits per heavy atom. The average Bonchev–Trinajstić information content (AvgIpc) is 3.24. The first-order valence-corrected chi connectivity index (χ1v) is 7.36. The molecule has 1 aromatic rings. The molecule has 0 bridgehead atoms. The van der Waals surface area contributed by atoms with Crippen molar-refractivity contribution < 1.29 is 4.79 Å². The number of nitrogens with one attached hydrogen (secondary N) is 2. The van der Waals surface area contributed by atoms with Gasteiger partial charge in [0.15, 0.2) is 0 Å². The second-order valence-electron chi connectivity index (χ2n) is 5.84. The van der Waals surface area contributed by atoms with Crippen LogP contribution in [0.15, 0.2) is 18.2 Å². The highest BCUT2D eigenvalue weighted by atomic mass is 35.5. The molecule has 0 radical (unpaired) electrons. The van der Waals surface area contributed by atoms with Gasteiger partial charge in [0, 0.05) is 11.6 Å². The number of piperidine rings is 1. The van der Waals surface area contributed by atoms with Gasteiger partial charge < -0.3 is 10.6 Å². The van der Waals surface area contributed by atoms with Crippen molar-refractivity contribution in [3.63, 3.8) is 0 Å². The number of rotatable bonds is 3. The third-order valence-electron chi connectivity index (χ3n) is 4.23. The van der Waals surface area contributed by atoms with Crippen molar-refractivity contribution >= 4 is 18.3 Å². The van der Waals surface area contributed by atoms with E-state index in [4.69, 9.17) is 0 Å². The summed E-state index contributed by atoms with van der Waals surface area (Å²) >= 11 is 0. The first-order valence-electron chi connectivity index (χ1n) is 7.36. The minimum absolute atomic E-state index is 0. The molecular weight excluding hydrogens is 272 g/mol. The molecule has 110 valence electrons. The summed E-state index contributed by atoms with van der Waals surface area (Å²) in [6.07, 6.45) is 4.63. The SMILES string of the molecule is Cc1ccc(C(=O)NC2CC2)cc1C1CCNCC1.Cl. The van der Waals surface area contributed by atoms with E-state index >= 15 is 0 Å². The Labute approximate surface area is 126 Å². The van der Waals surface area contributed by atoms with Crippen molar-refractivity contribution in [1.29, 1.82) is 0 Å². The summed E-state index contributed by atoms with van der Waals surface area (Å²) in [5.41, 5.74) is 3.51. The molecule has 1 aliphatic carbocycles. The van der Waals surface area contributed by atoms with Gasteiger partial charge in [0.2, 0.25) is 0 Å². The Morgan fingerprint density at radius 3 is 2.55 bits per heavy atom. The van der Waals surface area contributed by atoms with Crippen molar-refractivity contribution in [3.05, 3.63) is 34.9 Å². The van der Waals surface area contributed by atoms with E-state index in [1.54, 1.807) is 0 Å². The number of amides is 1. The molecule has 20 heavy (non-hydrogen) atoms. The number of carbonyl (C=O) groups is 1. The van der Waals surface area contributed by atoms with Crippen LogP contribution in [0.2, 0.25) is 0 Å². The fraction of sp³-hybridized carbons (Fsp3) is 0.562. The molecule has 2 fully saturated rings. The second-order valence-corrected chi connectivity index (χ2v) is 5.84. The van der Waals surface area contributed by atoms with E-state index in [-0.39, 0.29) is 18.3 Å². The number of halogens is 1. The van der Waals surface area contributed by atoms with Gasteiger partial charge >= 0.3 is 0 Å². The molecule has 1 amide bonds. The number of carbonyl (C=O) groups excluding carboxylic acids is 1. The Kier molecular flexibility index (Phi) is 5.06. The maximum absolute atomic E-state index is 12.1. The zero-order valence-electron chi connectivity index (χ0n) is 11.9. The van der Waals surface area contributed by atoms with Crippen LogP contribution in [0.25, 0.3) is 0 Å². The lowest BCUT2D eigenvalue weighted by Crippen LogP contribution is -2.28. The molecular formula is C16H23ClN2O. The highest BCUT2D eigenvalue weighted by molar-refractivity contribution is 5.94. The molecule has 0 unspecified atom stereocenters. The average molecular weight is 295 g/mol. The van der Waals surface area contributed by atoms with E-state index in [1.165, 1.54) is 24.0 Å². The zero-order valence-corrected chi connectivity index (χ0v) is 12.8. The van der Waals surface area contributed by atoms with Gasteiger partial charge in [-0.3, -0.25) is 4.79 Å². The molecule has 3 nitrogen and oxygen atoms in total. The summed E-state index contributed by atoms with van der Waals surface area (Å²) in [6, 6.07) is 6.59. The van der Waals surface area contributed by atoms with Crippen LogP contribution >= 0.6 is 12.4 Å². The van der Waals surface area contributed by atoms with Crippen molar-refractivity contribution in [2.75, 3.05) is 13.1 Å². The van der Waals surface area contributed by atoms with Crippen LogP contribution in [0.4, 0.5) is 0 Å². The Bertz CT molecular complexity index is 479. The summed E-state index contributed by atoms with van der Waals surface area (Å²) in [5.74, 6) is 0.701. The normalized spacial score (nSPS) is 19.2. The molecule has 2 N–H and O–H groups in total. The Morgan fingerprint density at radius 1 is 1.20 bits per heavy atom. The van der Waals surface area contributed by atoms with Gasteiger partial charge in [-0.2, -0.15) is 0 Å². The third kappa shape index (κ3) is 3.53. The lowest BCUT2D eigenvalue weighted by molar-refractivity contribution is 0.0951. The highest BCUT2D eigenvalue weighted by Gasteiger charge is 2.24. The standard InChI is InChI=1S/C16H22N2O.ClH/c1-11-2-3-13(16(19)18-14-4-5-14)10-15(11)12-6-8-17-9-7-12;/h2-3,10,12,14,17H,4-9H2,1H3,(H,18,19);1H. The Hall–Kier alpha value is -1.06. The van der Waals surface area contributed by atoms with Gasteiger partial charge in [0.1, 0.15) is 0 Å². The molecule has 0 spiro atoms. The molecule has 4 heteroatoms. The van der Waals surface area contributed by atoms with Crippen LogP contribution in [0.3, 0.4) is 0 Å². The summed E-state index contributed by atoms with van der Waals surface area (Å²) in [4.78, 5) is 12.1. The van der Waals surface area contributed by atoms with Crippen LogP contribution in [-0.2, 0) is 0 Å². The lowest BCUT2D eigenvalue weighted by Gasteiger charge is -2.25. The van der Waals surface area contributed by atoms with E-state index in [1.807, 2.05) is 6.07 Å². The van der Waals surface area contributed by atoms with Crippen molar-refractivity contribution in [1.82, 2.24) is 10.6 Å². The van der Waals surface area contributed by atoms with Gasteiger partial charge in [0.05, 0.1) is 0 Å². The molecule has 1 heterocycles. The predicted molar refractivity (Wildman–Crippen MR) is 83.8 cm³/mol. The van der Waals surface area contributed by atoms with E-state index < -0.39 is 0 Å². The minimum Gasteiger partial charge on any atom is -0.349 e. The summed E-state index contributed by atoms with van der Waals surface area (Å²) in [5, 5.41) is 6.46. The van der Waals surface area contributed by atoms with Gasteiger partial charge in [-0.05, 0) is 74.9 Å². The molecule has 1 saturated carbocycles. The molecule has 1 aromatic carbocycles. The maximum atomic E-state index is 12.1. The molecule has 2 aliphatic rings. The fourth-order valence-electron chi connectivity index (χ4n) is 2.85. The van der Waals surface area contributed by atoms with Crippen molar-refractivity contribution in [3.8, 4) is 0 Å². The van der Waals surface area contributed by atoms with Crippen LogP contribution in [-0.4, -0.2) is 25.0 Å². The fourth-order valence-corrected chi connectivity index (χ4v) is 2.85. The summed E-state index contributed by atoms with van der Waals surface area (Å²) < 4.78 is 0. The topological polar surface area (TPSA) is 41.1 Å². The first kappa shape index (κ1) is 15.3. The third-order valence-corrected chi connectivity index (χ3v) is 4.23. The smallest absolute Gasteiger partial charge is 0.251 e. The van der Waals surface area contributed by atoms with Crippen LogP contribution in [0.1, 0.15) is 53.1 Å². The molecule has 3 rings (SSSR count). The van der Waals surface area contributed by atoms with Gasteiger partial charge in [-0.15, -0.1) is 12.4 Å². The monoisotopic (exact) mass is 294 g/mol. The minimum atomic E-state index is 0. The maximum Gasteiger partial charge on any atom is 0.251 e. The number of benzene rings is 1. The van der Waals surface area contributed by atoms with Crippen molar-refractivity contribution in [2.45, 2.75) is 44.6 Å². The quantitative estimate of drug-likeness (QED) is 0.900. The van der Waals surface area contributed by atoms with Crippen LogP contribution < -0.4 is 10.6 Å². The van der Waals surface area contributed by atoms with E-state index in [0.717, 1.165) is 31.5 Å². The van der Waals surface area contributed by atoms with E-state index in [2.05, 4.69) is 29.7 Å². The summed E-state index contributed by atoms with van der Waals surface area (Å²) in [7, 11) is 0. The summed E-state index contributed by atoms with van der Waals surface area (Å²) in [6.45, 7) is 4.32. The van der Waals surface area contributed by atoms with Gasteiger partial charge in [-0.1, -0.05) is 6.07 Å².